The van der Waals surface area contributed by atoms with Crippen LogP contribution >= 0.6 is 11.6 Å². The second-order valence-corrected chi connectivity index (χ2v) is 4.92. The smallest absolute Gasteiger partial charge is 0.124 e. The fourth-order valence-electron chi connectivity index (χ4n) is 2.03. The molecule has 0 aliphatic rings. The van der Waals surface area contributed by atoms with Gasteiger partial charge in [0, 0.05) is 5.02 Å². The van der Waals surface area contributed by atoms with Crippen molar-refractivity contribution in [3.05, 3.63) is 34.6 Å². The summed E-state index contributed by atoms with van der Waals surface area (Å²) in [5.74, 6) is 0.206. The lowest BCUT2D eigenvalue weighted by atomic mass is 9.93. The second kappa shape index (κ2) is 6.97. The summed E-state index contributed by atoms with van der Waals surface area (Å²) in [6, 6.07) is 4.32. The van der Waals surface area contributed by atoms with Crippen LogP contribution in [0.1, 0.15) is 38.7 Å². The van der Waals surface area contributed by atoms with Crippen LogP contribution in [0, 0.1) is 11.7 Å². The van der Waals surface area contributed by atoms with E-state index in [0.717, 1.165) is 24.8 Å². The van der Waals surface area contributed by atoms with Crippen molar-refractivity contribution in [2.75, 3.05) is 0 Å². The largest absolute Gasteiger partial charge is 0.393 e. The first-order valence-corrected chi connectivity index (χ1v) is 6.56. The zero-order valence-electron chi connectivity index (χ0n) is 10.4. The van der Waals surface area contributed by atoms with E-state index in [0.29, 0.717) is 17.4 Å². The van der Waals surface area contributed by atoms with Gasteiger partial charge in [0.05, 0.1) is 6.10 Å². The van der Waals surface area contributed by atoms with E-state index in [1.807, 2.05) is 0 Å². The molecule has 0 spiro atoms. The van der Waals surface area contributed by atoms with E-state index in [1.165, 1.54) is 12.1 Å². The van der Waals surface area contributed by atoms with Crippen LogP contribution in [0.2, 0.25) is 5.02 Å². The maximum absolute atomic E-state index is 12.9. The third kappa shape index (κ3) is 4.64. The molecule has 0 saturated heterocycles. The Bertz CT molecular complexity index is 350. The van der Waals surface area contributed by atoms with E-state index in [4.69, 9.17) is 11.6 Å². The summed E-state index contributed by atoms with van der Waals surface area (Å²) in [7, 11) is 0. The highest BCUT2D eigenvalue weighted by Gasteiger charge is 2.13. The summed E-state index contributed by atoms with van der Waals surface area (Å²) < 4.78 is 12.9. The number of aliphatic hydroxyl groups excluding tert-OH is 1. The first-order chi connectivity index (χ1) is 8.06. The fraction of sp³-hybridized carbons (Fsp3) is 0.571. The molecule has 1 nitrogen and oxygen atoms in total. The van der Waals surface area contributed by atoms with E-state index >= 15 is 0 Å². The lowest BCUT2D eigenvalue weighted by molar-refractivity contribution is 0.139. The van der Waals surface area contributed by atoms with Crippen LogP contribution in [0.25, 0.3) is 0 Å². The molecule has 0 fully saturated rings. The summed E-state index contributed by atoms with van der Waals surface area (Å²) >= 11 is 5.93. The predicted octanol–water partition coefficient (Wildman–Crippen LogP) is 4.21. The Kier molecular flexibility index (Phi) is 5.93. The van der Waals surface area contributed by atoms with Gasteiger partial charge in [-0.15, -0.1) is 0 Å². The van der Waals surface area contributed by atoms with Crippen LogP contribution in [0.4, 0.5) is 4.39 Å². The third-order valence-electron chi connectivity index (χ3n) is 3.23. The summed E-state index contributed by atoms with van der Waals surface area (Å²) in [6.45, 7) is 4.26. The molecular weight excluding hydrogens is 239 g/mol. The van der Waals surface area contributed by atoms with Crippen LogP contribution in [-0.2, 0) is 6.42 Å². The van der Waals surface area contributed by atoms with Gasteiger partial charge in [0.2, 0.25) is 0 Å². The maximum atomic E-state index is 12.9. The number of benzene rings is 1. The molecule has 3 heteroatoms. The third-order valence-corrected chi connectivity index (χ3v) is 3.58. The van der Waals surface area contributed by atoms with Gasteiger partial charge in [-0.05, 0) is 36.5 Å². The van der Waals surface area contributed by atoms with Crippen molar-refractivity contribution in [2.45, 2.75) is 45.6 Å². The molecule has 0 aliphatic carbocycles. The summed E-state index contributed by atoms with van der Waals surface area (Å²) in [4.78, 5) is 0. The molecule has 0 radical (unpaired) electrons. The SMILES string of the molecule is CCC(CC)CC(O)Cc1ccc(F)cc1Cl. The molecule has 1 aromatic carbocycles. The highest BCUT2D eigenvalue weighted by atomic mass is 35.5. The number of hydrogen-bond acceptors (Lipinski definition) is 1. The molecule has 1 atom stereocenters. The zero-order valence-corrected chi connectivity index (χ0v) is 11.2. The summed E-state index contributed by atoms with van der Waals surface area (Å²) in [6.07, 6.45) is 3.02. The highest BCUT2D eigenvalue weighted by Crippen LogP contribution is 2.22. The van der Waals surface area contributed by atoms with Crippen molar-refractivity contribution in [1.82, 2.24) is 0 Å². The molecule has 96 valence electrons. The minimum Gasteiger partial charge on any atom is -0.393 e. The first kappa shape index (κ1) is 14.5. The average molecular weight is 259 g/mol. The lowest BCUT2D eigenvalue weighted by Gasteiger charge is -2.17. The molecule has 0 saturated carbocycles. The Hall–Kier alpha value is -0.600. The number of rotatable bonds is 6. The number of halogens is 2. The van der Waals surface area contributed by atoms with E-state index in [2.05, 4.69) is 13.8 Å². The molecule has 0 aliphatic heterocycles. The van der Waals surface area contributed by atoms with Gasteiger partial charge < -0.3 is 5.11 Å². The monoisotopic (exact) mass is 258 g/mol. The quantitative estimate of drug-likeness (QED) is 0.810. The molecule has 0 bridgehead atoms. The highest BCUT2D eigenvalue weighted by molar-refractivity contribution is 6.31. The molecule has 0 heterocycles. The average Bonchev–Trinajstić information content (AvgIpc) is 2.29. The van der Waals surface area contributed by atoms with Crippen LogP contribution in [-0.4, -0.2) is 11.2 Å². The van der Waals surface area contributed by atoms with Crippen molar-refractivity contribution in [2.24, 2.45) is 5.92 Å². The Morgan fingerprint density at radius 3 is 2.47 bits per heavy atom. The fourth-order valence-corrected chi connectivity index (χ4v) is 2.28. The molecular formula is C14H20ClFO. The minimum absolute atomic E-state index is 0.340. The van der Waals surface area contributed by atoms with Crippen LogP contribution in [0.5, 0.6) is 0 Å². The molecule has 0 aromatic heterocycles. The van der Waals surface area contributed by atoms with Crippen LogP contribution < -0.4 is 0 Å². The van der Waals surface area contributed by atoms with Crippen molar-refractivity contribution >= 4 is 11.6 Å². The maximum Gasteiger partial charge on any atom is 0.124 e. The van der Waals surface area contributed by atoms with Gasteiger partial charge in [0.1, 0.15) is 5.82 Å². The van der Waals surface area contributed by atoms with Crippen LogP contribution in [0.3, 0.4) is 0 Å². The van der Waals surface area contributed by atoms with Gasteiger partial charge in [-0.3, -0.25) is 0 Å². The molecule has 17 heavy (non-hydrogen) atoms. The van der Waals surface area contributed by atoms with Gasteiger partial charge in [-0.2, -0.15) is 0 Å². The predicted molar refractivity (Wildman–Crippen MR) is 69.8 cm³/mol. The van der Waals surface area contributed by atoms with E-state index in [9.17, 15) is 9.50 Å². The van der Waals surface area contributed by atoms with E-state index < -0.39 is 6.10 Å². The molecule has 1 rings (SSSR count). The Balaban J connectivity index is 2.58. The topological polar surface area (TPSA) is 20.2 Å². The van der Waals surface area contributed by atoms with E-state index in [-0.39, 0.29) is 5.82 Å². The van der Waals surface area contributed by atoms with Gasteiger partial charge in [0.15, 0.2) is 0 Å². The molecule has 1 aromatic rings. The Morgan fingerprint density at radius 1 is 1.29 bits per heavy atom. The number of aliphatic hydroxyl groups is 1. The van der Waals surface area contributed by atoms with Crippen molar-refractivity contribution < 1.29 is 9.50 Å². The van der Waals surface area contributed by atoms with Crippen molar-refractivity contribution in [3.8, 4) is 0 Å². The lowest BCUT2D eigenvalue weighted by Crippen LogP contribution is -2.15. The molecule has 0 amide bonds. The van der Waals surface area contributed by atoms with Crippen molar-refractivity contribution in [1.29, 1.82) is 0 Å². The van der Waals surface area contributed by atoms with Crippen LogP contribution in [0.15, 0.2) is 18.2 Å². The van der Waals surface area contributed by atoms with Gasteiger partial charge in [-0.1, -0.05) is 44.4 Å². The molecule has 1 N–H and O–H groups in total. The van der Waals surface area contributed by atoms with E-state index in [1.54, 1.807) is 6.07 Å². The normalized spacial score (nSPS) is 13.1. The first-order valence-electron chi connectivity index (χ1n) is 6.18. The zero-order chi connectivity index (χ0) is 12.8. The van der Waals surface area contributed by atoms with Gasteiger partial charge in [0.25, 0.3) is 0 Å². The Labute approximate surface area is 108 Å². The minimum atomic E-state index is -0.400. The second-order valence-electron chi connectivity index (χ2n) is 4.51. The standard InChI is InChI=1S/C14H20ClFO/c1-3-10(4-2)7-13(17)8-11-5-6-12(16)9-14(11)15/h5-6,9-10,13,17H,3-4,7-8H2,1-2H3. The van der Waals surface area contributed by atoms with Gasteiger partial charge in [-0.25, -0.2) is 4.39 Å². The Morgan fingerprint density at radius 2 is 1.94 bits per heavy atom. The summed E-state index contributed by atoms with van der Waals surface area (Å²) in [5, 5.41) is 10.4. The summed E-state index contributed by atoms with van der Waals surface area (Å²) in [5.41, 5.74) is 0.812. The van der Waals surface area contributed by atoms with Gasteiger partial charge >= 0.3 is 0 Å². The number of hydrogen-bond donors (Lipinski definition) is 1. The van der Waals surface area contributed by atoms with Crippen molar-refractivity contribution in [3.63, 3.8) is 0 Å². The molecule has 1 unspecified atom stereocenters.